The minimum atomic E-state index is -2.73. The van der Waals surface area contributed by atoms with Crippen LogP contribution in [0.4, 0.5) is 0 Å². The Labute approximate surface area is 250 Å². The minimum absolute atomic E-state index is 0.0223. The predicted molar refractivity (Wildman–Crippen MR) is 158 cm³/mol. The zero-order chi connectivity index (χ0) is 32.0. The lowest BCUT2D eigenvalue weighted by molar-refractivity contribution is -0.205. The average molecular weight is 587 g/mol. The van der Waals surface area contributed by atoms with E-state index in [1.54, 1.807) is 52.8 Å². The molecule has 0 spiro atoms. The first-order valence-electron chi connectivity index (χ1n) is 14.8. The molecule has 0 aromatic heterocycles. The fourth-order valence-corrected chi connectivity index (χ4v) is 8.71. The van der Waals surface area contributed by atoms with Gasteiger partial charge in [0.25, 0.3) is 0 Å². The van der Waals surface area contributed by atoms with Gasteiger partial charge in [-0.25, -0.2) is 0 Å². The molecule has 2 fully saturated rings. The van der Waals surface area contributed by atoms with Gasteiger partial charge in [-0.15, -0.1) is 0 Å². The van der Waals surface area contributed by atoms with Crippen LogP contribution in [0.25, 0.3) is 11.1 Å². The fourth-order valence-electron chi connectivity index (χ4n) is 8.71. The number of fused-ring (bicyclic) bond motifs is 3. The van der Waals surface area contributed by atoms with Gasteiger partial charge in [0.1, 0.15) is 17.5 Å². The van der Waals surface area contributed by atoms with Gasteiger partial charge in [0, 0.05) is 23.3 Å². The van der Waals surface area contributed by atoms with Crippen LogP contribution in [0.1, 0.15) is 86.2 Å². The normalized spacial score (nSPS) is 31.9. The van der Waals surface area contributed by atoms with Gasteiger partial charge in [-0.3, -0.25) is 28.8 Å². The molecule has 0 heterocycles. The van der Waals surface area contributed by atoms with E-state index in [4.69, 9.17) is 0 Å². The monoisotopic (exact) mass is 586 g/mol. The lowest BCUT2D eigenvalue weighted by Crippen LogP contribution is -2.76. The molecule has 2 aromatic carbocycles. The fraction of sp³-hybridized carbons (Fsp3) is 0.486. The summed E-state index contributed by atoms with van der Waals surface area (Å²) in [5, 5.41) is 23.1. The summed E-state index contributed by atoms with van der Waals surface area (Å²) < 4.78 is 0. The zero-order valence-corrected chi connectivity index (χ0v) is 25.7. The van der Waals surface area contributed by atoms with Crippen molar-refractivity contribution in [1.82, 2.24) is 0 Å². The van der Waals surface area contributed by atoms with E-state index in [1.165, 1.54) is 6.07 Å². The number of benzene rings is 2. The van der Waals surface area contributed by atoms with Gasteiger partial charge in [-0.1, -0.05) is 46.8 Å². The molecule has 8 nitrogen and oxygen atoms in total. The largest absolute Gasteiger partial charge is 0.507 e. The molecule has 0 saturated heterocycles. The highest BCUT2D eigenvalue weighted by atomic mass is 16.3. The first-order valence-corrected chi connectivity index (χ1v) is 14.8. The van der Waals surface area contributed by atoms with Crippen molar-refractivity contribution in [3.05, 3.63) is 52.6 Å². The summed E-state index contributed by atoms with van der Waals surface area (Å²) in [6.45, 7) is 11.5. The highest BCUT2D eigenvalue weighted by Gasteiger charge is 2.76. The van der Waals surface area contributed by atoms with Crippen molar-refractivity contribution in [3.8, 4) is 16.9 Å². The van der Waals surface area contributed by atoms with Gasteiger partial charge in [0.05, 0.1) is 11.5 Å². The van der Waals surface area contributed by atoms with Crippen LogP contribution in [0, 0.1) is 41.4 Å². The second-order valence-corrected chi connectivity index (χ2v) is 13.7. The number of Topliss-reactive ketones (excluding diaryl/α,β-unsaturated/α-hetero) is 6. The Morgan fingerprint density at radius 1 is 1.02 bits per heavy atom. The predicted octanol–water partition coefficient (Wildman–Crippen LogP) is 4.66. The number of hydrogen-bond acceptors (Lipinski definition) is 8. The number of hydrogen-bond donors (Lipinski definition) is 2. The molecule has 3 aliphatic rings. The SMILES string of the molecule is CCC(=O)c1cc(C)cc(-c2ccc(O)c3c2C[C@]2(C)C[C@]4(C)C(C(C)C)C(=O)C(C(C)=O)C(=O)[C@]4(O)C(=O)C2C3=O)c1. The number of ketones is 6. The molecule has 2 aromatic rings. The minimum Gasteiger partial charge on any atom is -0.507 e. The summed E-state index contributed by atoms with van der Waals surface area (Å²) in [5.74, 6) is -9.31. The molecule has 0 amide bonds. The Balaban J connectivity index is 1.74. The van der Waals surface area contributed by atoms with Crippen LogP contribution in [0.15, 0.2) is 30.3 Å². The van der Waals surface area contributed by atoms with E-state index >= 15 is 0 Å². The molecule has 3 aliphatic carbocycles. The summed E-state index contributed by atoms with van der Waals surface area (Å²) in [6, 6.07) is 8.49. The molecule has 0 bridgehead atoms. The second-order valence-electron chi connectivity index (χ2n) is 13.7. The summed E-state index contributed by atoms with van der Waals surface area (Å²) in [5.41, 5.74) is -2.34. The van der Waals surface area contributed by atoms with E-state index < -0.39 is 69.0 Å². The highest BCUT2D eigenvalue weighted by molar-refractivity contribution is 6.32. The van der Waals surface area contributed by atoms with Crippen LogP contribution in [-0.2, 0) is 25.6 Å². The van der Waals surface area contributed by atoms with Gasteiger partial charge in [-0.05, 0) is 78.5 Å². The first kappa shape index (κ1) is 30.7. The number of aliphatic hydroxyl groups is 1. The molecule has 2 N–H and O–H groups in total. The van der Waals surface area contributed by atoms with Crippen molar-refractivity contribution in [2.24, 2.45) is 34.5 Å². The van der Waals surface area contributed by atoms with Crippen LogP contribution >= 0.6 is 0 Å². The molecule has 3 unspecified atom stereocenters. The molecule has 43 heavy (non-hydrogen) atoms. The maximum atomic E-state index is 14.4. The average Bonchev–Trinajstić information content (AvgIpc) is 2.89. The Morgan fingerprint density at radius 3 is 2.26 bits per heavy atom. The number of carbonyl (C=O) groups excluding carboxylic acids is 6. The van der Waals surface area contributed by atoms with Gasteiger partial charge >= 0.3 is 0 Å². The lowest BCUT2D eigenvalue weighted by Gasteiger charge is -2.61. The summed E-state index contributed by atoms with van der Waals surface area (Å²) in [4.78, 5) is 81.3. The topological polar surface area (TPSA) is 143 Å². The van der Waals surface area contributed by atoms with E-state index in [-0.39, 0.29) is 29.9 Å². The van der Waals surface area contributed by atoms with E-state index in [2.05, 4.69) is 0 Å². The Morgan fingerprint density at radius 2 is 1.67 bits per heavy atom. The van der Waals surface area contributed by atoms with Crippen molar-refractivity contribution in [1.29, 1.82) is 0 Å². The Kier molecular flexibility index (Phi) is 7.04. The van der Waals surface area contributed by atoms with E-state index in [0.717, 1.165) is 12.5 Å². The summed E-state index contributed by atoms with van der Waals surface area (Å²) in [7, 11) is 0. The van der Waals surface area contributed by atoms with Crippen LogP contribution < -0.4 is 0 Å². The Hall–Kier alpha value is -3.78. The number of carbonyl (C=O) groups is 6. The van der Waals surface area contributed by atoms with Crippen molar-refractivity contribution in [3.63, 3.8) is 0 Å². The number of phenolic OH excluding ortho intramolecular Hbond substituents is 1. The van der Waals surface area contributed by atoms with Crippen molar-refractivity contribution in [2.75, 3.05) is 0 Å². The maximum absolute atomic E-state index is 14.4. The smallest absolute Gasteiger partial charge is 0.190 e. The van der Waals surface area contributed by atoms with Gasteiger partial charge in [-0.2, -0.15) is 0 Å². The third-order valence-electron chi connectivity index (χ3n) is 10.3. The van der Waals surface area contributed by atoms with E-state index in [9.17, 15) is 39.0 Å². The third-order valence-corrected chi connectivity index (χ3v) is 10.3. The third kappa shape index (κ3) is 4.05. The number of aromatic hydroxyl groups is 1. The van der Waals surface area contributed by atoms with Crippen LogP contribution in [0.2, 0.25) is 0 Å². The van der Waals surface area contributed by atoms with Crippen LogP contribution in [0.5, 0.6) is 5.75 Å². The van der Waals surface area contributed by atoms with Crippen molar-refractivity contribution in [2.45, 2.75) is 73.3 Å². The molecule has 0 aliphatic heterocycles. The van der Waals surface area contributed by atoms with Gasteiger partial charge < -0.3 is 10.2 Å². The highest BCUT2D eigenvalue weighted by Crippen LogP contribution is 2.64. The molecular weight excluding hydrogens is 548 g/mol. The van der Waals surface area contributed by atoms with Crippen LogP contribution in [0.3, 0.4) is 0 Å². The number of phenols is 1. The van der Waals surface area contributed by atoms with Gasteiger partial charge in [0.2, 0.25) is 0 Å². The maximum Gasteiger partial charge on any atom is 0.190 e. The first-order chi connectivity index (χ1) is 19.9. The summed E-state index contributed by atoms with van der Waals surface area (Å²) >= 11 is 0. The molecule has 226 valence electrons. The second kappa shape index (κ2) is 9.88. The standard InChI is InChI=1S/C35H38O8/c1-8-23(37)20-12-17(4)11-19(13-20)21-9-10-24(38)26-22(21)14-33(6)15-34(7)27(16(2)3)29(39)25(18(5)36)31(41)35(34,43)32(42)28(33)30(26)40/h9-13,16,25,27-28,38,43H,8,14-15H2,1-7H3/t25?,27?,28?,33-,34-,35+/m1/s1. The molecular formula is C35H38O8. The van der Waals surface area contributed by atoms with E-state index in [1.807, 2.05) is 13.0 Å². The van der Waals surface area contributed by atoms with Crippen molar-refractivity contribution < 1.29 is 39.0 Å². The molecule has 6 atom stereocenters. The quantitative estimate of drug-likeness (QED) is 0.380. The van der Waals surface area contributed by atoms with Crippen LogP contribution in [-0.4, -0.2) is 50.5 Å². The Bertz CT molecular complexity index is 1650. The number of rotatable bonds is 5. The molecule has 0 radical (unpaired) electrons. The molecule has 5 rings (SSSR count). The van der Waals surface area contributed by atoms with Gasteiger partial charge in [0.15, 0.2) is 34.5 Å². The zero-order valence-electron chi connectivity index (χ0n) is 25.7. The lowest BCUT2D eigenvalue weighted by atomic mass is 9.40. The molecule has 8 heteroatoms. The number of aryl methyl sites for hydroxylation is 1. The summed E-state index contributed by atoms with van der Waals surface area (Å²) in [6.07, 6.45) is 0.428. The van der Waals surface area contributed by atoms with Crippen molar-refractivity contribution >= 4 is 34.7 Å². The molecule has 2 saturated carbocycles. The van der Waals surface area contributed by atoms with E-state index in [0.29, 0.717) is 28.7 Å².